The summed E-state index contributed by atoms with van der Waals surface area (Å²) in [5, 5.41) is 2.96. The Hall–Kier alpha value is -3.02. The fourth-order valence-electron chi connectivity index (χ4n) is 3.85. The molecule has 1 saturated heterocycles. The number of carbonyl (C=O) groups excluding carboxylic acids is 2. The molecule has 0 spiro atoms. The first-order valence-electron chi connectivity index (χ1n) is 10.3. The first kappa shape index (κ1) is 19.3. The first-order valence-corrected chi connectivity index (χ1v) is 10.3. The van der Waals surface area contributed by atoms with E-state index in [9.17, 15) is 9.59 Å². The van der Waals surface area contributed by atoms with Crippen LogP contribution in [0.1, 0.15) is 34.8 Å². The van der Waals surface area contributed by atoms with Crippen LogP contribution in [0.5, 0.6) is 5.75 Å². The summed E-state index contributed by atoms with van der Waals surface area (Å²) in [4.78, 5) is 29.2. The van der Waals surface area contributed by atoms with Crippen LogP contribution in [0, 0.1) is 0 Å². The van der Waals surface area contributed by atoms with Gasteiger partial charge in [-0.15, -0.1) is 0 Å². The Kier molecular flexibility index (Phi) is 5.69. The number of hydrogen-bond donors (Lipinski definition) is 1. The average Bonchev–Trinajstić information content (AvgIpc) is 3.08. The molecule has 6 nitrogen and oxygen atoms in total. The number of ether oxygens (including phenoxy) is 1. The molecule has 0 unspecified atom stereocenters. The number of anilines is 1. The number of amides is 3. The van der Waals surface area contributed by atoms with Gasteiger partial charge in [0.1, 0.15) is 5.75 Å². The number of nitrogens with one attached hydrogen (secondary N) is 1. The van der Waals surface area contributed by atoms with Gasteiger partial charge in [-0.05, 0) is 54.3 Å². The Morgan fingerprint density at radius 2 is 1.76 bits per heavy atom. The molecule has 0 bridgehead atoms. The van der Waals surface area contributed by atoms with Crippen molar-refractivity contribution in [2.75, 3.05) is 38.1 Å². The quantitative estimate of drug-likeness (QED) is 0.867. The molecule has 0 radical (unpaired) electrons. The second kappa shape index (κ2) is 8.55. The lowest BCUT2D eigenvalue weighted by Gasteiger charge is -2.22. The molecule has 0 atom stereocenters. The number of aryl methyl sites for hydroxylation is 1. The monoisotopic (exact) mass is 393 g/mol. The number of urea groups is 1. The number of carbonyl (C=O) groups is 2. The van der Waals surface area contributed by atoms with Gasteiger partial charge in [0, 0.05) is 43.9 Å². The molecule has 0 aliphatic carbocycles. The molecule has 2 aromatic carbocycles. The van der Waals surface area contributed by atoms with Gasteiger partial charge in [-0.3, -0.25) is 4.79 Å². The standard InChI is InChI=1S/C23H27N3O3/c1-2-17-4-7-20(8-5-17)24-23(28)26-12-3-11-25(13-14-26)22(27)19-6-9-21-18(16-19)10-15-29-21/h4-9,16H,2-3,10-15H2,1H3,(H,24,28). The fourth-order valence-corrected chi connectivity index (χ4v) is 3.85. The minimum atomic E-state index is -0.113. The fraction of sp³-hybridized carbons (Fsp3) is 0.391. The molecular formula is C23H27N3O3. The van der Waals surface area contributed by atoms with Gasteiger partial charge in [0.25, 0.3) is 5.91 Å². The van der Waals surface area contributed by atoms with E-state index in [1.165, 1.54) is 5.56 Å². The van der Waals surface area contributed by atoms with Crippen LogP contribution in [-0.4, -0.2) is 54.5 Å². The summed E-state index contributed by atoms with van der Waals surface area (Å²) in [5.41, 5.74) is 3.83. The van der Waals surface area contributed by atoms with Crippen LogP contribution < -0.4 is 10.1 Å². The van der Waals surface area contributed by atoms with Gasteiger partial charge in [-0.25, -0.2) is 4.79 Å². The Balaban J connectivity index is 1.35. The van der Waals surface area contributed by atoms with E-state index >= 15 is 0 Å². The zero-order valence-electron chi connectivity index (χ0n) is 16.8. The lowest BCUT2D eigenvalue weighted by Crippen LogP contribution is -2.39. The van der Waals surface area contributed by atoms with E-state index in [-0.39, 0.29) is 11.9 Å². The van der Waals surface area contributed by atoms with Crippen LogP contribution in [0.25, 0.3) is 0 Å². The van der Waals surface area contributed by atoms with E-state index < -0.39 is 0 Å². The van der Waals surface area contributed by atoms with E-state index in [1.807, 2.05) is 47.4 Å². The summed E-state index contributed by atoms with van der Waals surface area (Å²) < 4.78 is 5.52. The van der Waals surface area contributed by atoms with Crippen LogP contribution in [0.15, 0.2) is 42.5 Å². The molecule has 3 amide bonds. The summed E-state index contributed by atoms with van der Waals surface area (Å²) in [5.74, 6) is 0.907. The SMILES string of the molecule is CCc1ccc(NC(=O)N2CCCN(C(=O)c3ccc4c(c3)CCO4)CC2)cc1. The molecule has 2 aliphatic rings. The number of nitrogens with zero attached hydrogens (tertiary/aromatic N) is 2. The van der Waals surface area contributed by atoms with Crippen molar-refractivity contribution < 1.29 is 14.3 Å². The van der Waals surface area contributed by atoms with Crippen LogP contribution in [-0.2, 0) is 12.8 Å². The second-order valence-electron chi connectivity index (χ2n) is 7.53. The van der Waals surface area contributed by atoms with Crippen molar-refractivity contribution in [1.82, 2.24) is 9.80 Å². The van der Waals surface area contributed by atoms with Crippen LogP contribution in [0.3, 0.4) is 0 Å². The maximum absolute atomic E-state index is 12.9. The highest BCUT2D eigenvalue weighted by molar-refractivity contribution is 5.95. The highest BCUT2D eigenvalue weighted by atomic mass is 16.5. The van der Waals surface area contributed by atoms with E-state index in [1.54, 1.807) is 4.90 Å². The maximum atomic E-state index is 12.9. The molecule has 29 heavy (non-hydrogen) atoms. The number of hydrogen-bond acceptors (Lipinski definition) is 3. The summed E-state index contributed by atoms with van der Waals surface area (Å²) in [6.07, 6.45) is 2.59. The molecule has 1 fully saturated rings. The number of rotatable bonds is 3. The van der Waals surface area contributed by atoms with Crippen LogP contribution >= 0.6 is 0 Å². The normalized spacial score (nSPS) is 16.0. The van der Waals surface area contributed by atoms with E-state index in [2.05, 4.69) is 12.2 Å². The zero-order valence-corrected chi connectivity index (χ0v) is 16.8. The largest absolute Gasteiger partial charge is 0.493 e. The van der Waals surface area contributed by atoms with Crippen molar-refractivity contribution in [2.45, 2.75) is 26.2 Å². The van der Waals surface area contributed by atoms with Crippen molar-refractivity contribution in [3.63, 3.8) is 0 Å². The van der Waals surface area contributed by atoms with Crippen molar-refractivity contribution in [2.24, 2.45) is 0 Å². The van der Waals surface area contributed by atoms with Gasteiger partial charge in [-0.2, -0.15) is 0 Å². The Labute approximate surface area is 171 Å². The predicted molar refractivity (Wildman–Crippen MR) is 113 cm³/mol. The Morgan fingerprint density at radius 3 is 2.55 bits per heavy atom. The topological polar surface area (TPSA) is 61.9 Å². The van der Waals surface area contributed by atoms with Gasteiger partial charge in [0.15, 0.2) is 0 Å². The van der Waals surface area contributed by atoms with Crippen molar-refractivity contribution in [1.29, 1.82) is 0 Å². The van der Waals surface area contributed by atoms with Gasteiger partial charge in [0.05, 0.1) is 6.61 Å². The minimum absolute atomic E-state index is 0.0251. The van der Waals surface area contributed by atoms with E-state index in [0.717, 1.165) is 36.3 Å². The zero-order chi connectivity index (χ0) is 20.2. The smallest absolute Gasteiger partial charge is 0.321 e. The third-order valence-corrected chi connectivity index (χ3v) is 5.62. The van der Waals surface area contributed by atoms with Crippen molar-refractivity contribution >= 4 is 17.6 Å². The lowest BCUT2D eigenvalue weighted by molar-refractivity contribution is 0.0762. The molecule has 2 heterocycles. The van der Waals surface area contributed by atoms with Crippen LogP contribution in [0.2, 0.25) is 0 Å². The van der Waals surface area contributed by atoms with E-state index in [4.69, 9.17) is 4.74 Å². The molecular weight excluding hydrogens is 366 g/mol. The highest BCUT2D eigenvalue weighted by Gasteiger charge is 2.24. The van der Waals surface area contributed by atoms with Crippen LogP contribution in [0.4, 0.5) is 10.5 Å². The molecule has 6 heteroatoms. The number of fused-ring (bicyclic) bond motifs is 1. The average molecular weight is 393 g/mol. The molecule has 152 valence electrons. The van der Waals surface area contributed by atoms with Crippen molar-refractivity contribution in [3.8, 4) is 5.75 Å². The summed E-state index contributed by atoms with van der Waals surface area (Å²) in [6.45, 7) is 5.14. The summed E-state index contributed by atoms with van der Waals surface area (Å²) in [6, 6.07) is 13.5. The minimum Gasteiger partial charge on any atom is -0.493 e. The summed E-state index contributed by atoms with van der Waals surface area (Å²) in [7, 11) is 0. The first-order chi connectivity index (χ1) is 14.1. The molecule has 0 aromatic heterocycles. The van der Waals surface area contributed by atoms with Gasteiger partial charge >= 0.3 is 6.03 Å². The van der Waals surface area contributed by atoms with Gasteiger partial charge < -0.3 is 19.9 Å². The summed E-state index contributed by atoms with van der Waals surface area (Å²) >= 11 is 0. The third-order valence-electron chi connectivity index (χ3n) is 5.62. The predicted octanol–water partition coefficient (Wildman–Crippen LogP) is 3.56. The van der Waals surface area contributed by atoms with E-state index in [0.29, 0.717) is 38.3 Å². The Morgan fingerprint density at radius 1 is 1.00 bits per heavy atom. The molecule has 2 aromatic rings. The second-order valence-corrected chi connectivity index (χ2v) is 7.53. The highest BCUT2D eigenvalue weighted by Crippen LogP contribution is 2.26. The molecule has 0 saturated carbocycles. The maximum Gasteiger partial charge on any atom is 0.321 e. The van der Waals surface area contributed by atoms with Gasteiger partial charge in [-0.1, -0.05) is 19.1 Å². The third kappa shape index (κ3) is 4.36. The molecule has 4 rings (SSSR count). The molecule has 2 aliphatic heterocycles. The lowest BCUT2D eigenvalue weighted by atomic mass is 10.1. The number of benzene rings is 2. The Bertz CT molecular complexity index is 895. The molecule has 1 N–H and O–H groups in total. The van der Waals surface area contributed by atoms with Gasteiger partial charge in [0.2, 0.25) is 0 Å². The van der Waals surface area contributed by atoms with Crippen molar-refractivity contribution in [3.05, 3.63) is 59.2 Å².